The molecule has 3 fully saturated rings. The first-order valence-electron chi connectivity index (χ1n) is 12.7. The molecule has 0 aliphatic carbocycles. The van der Waals surface area contributed by atoms with E-state index >= 15 is 0 Å². The van der Waals surface area contributed by atoms with Crippen LogP contribution in [0.15, 0.2) is 24.3 Å². The van der Waals surface area contributed by atoms with E-state index in [0.717, 1.165) is 19.6 Å². The van der Waals surface area contributed by atoms with Crippen LogP contribution in [0.1, 0.15) is 13.3 Å². The fraction of sp³-hybridized carbons (Fsp3) is 0.720. The molecule has 5 aliphatic heterocycles. The molecule has 6 atom stereocenters. The summed E-state index contributed by atoms with van der Waals surface area (Å²) in [5, 5.41) is 10.0. The maximum absolute atomic E-state index is 14.2. The Labute approximate surface area is 211 Å². The number of likely N-dealkylation sites (N-methyl/N-ethyl adjacent to an activating group) is 1. The predicted molar refractivity (Wildman–Crippen MR) is 133 cm³/mol. The molecule has 5 rings (SSSR count). The van der Waals surface area contributed by atoms with E-state index in [2.05, 4.69) is 4.90 Å². The number of aliphatic hydroxyl groups excluding tert-OH is 1. The minimum Gasteiger partial charge on any atom is -0.394 e. The van der Waals surface area contributed by atoms with Crippen LogP contribution in [-0.4, -0.2) is 131 Å². The third-order valence-corrected chi connectivity index (χ3v) is 9.99. The number of rotatable bonds is 6. The summed E-state index contributed by atoms with van der Waals surface area (Å²) in [5.74, 6) is -1.45. The Morgan fingerprint density at radius 2 is 1.89 bits per heavy atom. The van der Waals surface area contributed by atoms with Gasteiger partial charge in [-0.15, -0.1) is 11.8 Å². The Hall–Kier alpha value is -1.88. The van der Waals surface area contributed by atoms with E-state index in [1.54, 1.807) is 28.6 Å². The number of thioether (sulfide) groups is 1. The molecule has 0 saturated carbocycles. The van der Waals surface area contributed by atoms with Crippen molar-refractivity contribution < 1.29 is 24.2 Å². The van der Waals surface area contributed by atoms with Crippen LogP contribution >= 0.6 is 11.8 Å². The van der Waals surface area contributed by atoms with Crippen LogP contribution in [0, 0.1) is 11.8 Å². The number of fused-ring (bicyclic) bond motifs is 2. The number of aliphatic hydroxyl groups is 1. The van der Waals surface area contributed by atoms with Gasteiger partial charge in [0.1, 0.15) is 6.04 Å². The number of ether oxygens (including phenoxy) is 1. The minimum atomic E-state index is -0.821. The van der Waals surface area contributed by atoms with E-state index in [1.807, 2.05) is 36.1 Å². The standard InChI is InChI=1S/C25H36N4O5S/c1-3-17(16-30)29-21-24(33)28(11-10-27-12-14-34-15-13-27)9-5-7-25(21)20(23(29)32)19-18(35-25)6-4-8-26(2)22(19)31/h4-7,17-21,30H,3,8-16H2,1-2H3/t17-,18-,19+,20-,21?,25-/m0/s1. The summed E-state index contributed by atoms with van der Waals surface area (Å²) < 4.78 is 4.62. The highest BCUT2D eigenvalue weighted by atomic mass is 32.2. The van der Waals surface area contributed by atoms with Gasteiger partial charge in [-0.2, -0.15) is 0 Å². The Morgan fingerprint density at radius 1 is 1.11 bits per heavy atom. The zero-order valence-electron chi connectivity index (χ0n) is 20.5. The Balaban J connectivity index is 1.50. The number of likely N-dealkylation sites (tertiary alicyclic amines) is 1. The zero-order chi connectivity index (χ0) is 24.7. The van der Waals surface area contributed by atoms with Gasteiger partial charge in [0, 0.05) is 51.6 Å². The molecule has 0 aromatic carbocycles. The molecular weight excluding hydrogens is 468 g/mol. The summed E-state index contributed by atoms with van der Waals surface area (Å²) in [6.07, 6.45) is 8.62. The van der Waals surface area contributed by atoms with Gasteiger partial charge in [-0.05, 0) is 6.42 Å². The van der Waals surface area contributed by atoms with Gasteiger partial charge in [-0.1, -0.05) is 31.2 Å². The number of amides is 3. The van der Waals surface area contributed by atoms with E-state index in [1.165, 1.54) is 0 Å². The van der Waals surface area contributed by atoms with Gasteiger partial charge in [0.25, 0.3) is 0 Å². The van der Waals surface area contributed by atoms with Crippen molar-refractivity contribution in [1.29, 1.82) is 0 Å². The second-order valence-corrected chi connectivity index (χ2v) is 11.6. The SMILES string of the molecule is CC[C@@H](CO)N1C(=O)[C@@H]2[C@@H]3C(=O)N(C)CC=C[C@@H]3S[C@@]23C=CCN(CCN2CCOCC2)C(=O)C13. The molecule has 3 saturated heterocycles. The lowest BCUT2D eigenvalue weighted by Crippen LogP contribution is -2.57. The average Bonchev–Trinajstić information content (AvgIpc) is 3.19. The molecule has 10 heteroatoms. The van der Waals surface area contributed by atoms with Crippen LogP contribution in [0.4, 0.5) is 0 Å². The number of carbonyl (C=O) groups is 3. The van der Waals surface area contributed by atoms with Crippen molar-refractivity contribution in [3.8, 4) is 0 Å². The second kappa shape index (κ2) is 9.88. The normalized spacial score (nSPS) is 36.2. The minimum absolute atomic E-state index is 0.0466. The highest BCUT2D eigenvalue weighted by molar-refractivity contribution is 8.02. The van der Waals surface area contributed by atoms with Gasteiger partial charge >= 0.3 is 0 Å². The molecule has 0 aromatic rings. The summed E-state index contributed by atoms with van der Waals surface area (Å²) in [6.45, 7) is 7.13. The van der Waals surface area contributed by atoms with Crippen LogP contribution in [0.25, 0.3) is 0 Å². The van der Waals surface area contributed by atoms with Gasteiger partial charge < -0.3 is 24.5 Å². The molecule has 192 valence electrons. The molecule has 1 N–H and O–H groups in total. The summed E-state index contributed by atoms with van der Waals surface area (Å²) in [5.41, 5.74) is 0. The quantitative estimate of drug-likeness (QED) is 0.502. The van der Waals surface area contributed by atoms with Crippen molar-refractivity contribution in [1.82, 2.24) is 19.6 Å². The van der Waals surface area contributed by atoms with Crippen LogP contribution in [0.2, 0.25) is 0 Å². The molecule has 5 heterocycles. The molecule has 3 amide bonds. The third-order valence-electron chi connectivity index (χ3n) is 8.25. The van der Waals surface area contributed by atoms with Crippen molar-refractivity contribution in [3.05, 3.63) is 24.3 Å². The van der Waals surface area contributed by atoms with E-state index in [9.17, 15) is 19.5 Å². The highest BCUT2D eigenvalue weighted by Gasteiger charge is 2.71. The molecule has 1 spiro atoms. The maximum Gasteiger partial charge on any atom is 0.247 e. The lowest BCUT2D eigenvalue weighted by Gasteiger charge is -2.38. The van der Waals surface area contributed by atoms with Crippen LogP contribution in [0.3, 0.4) is 0 Å². The first kappa shape index (κ1) is 24.8. The van der Waals surface area contributed by atoms with Gasteiger partial charge in [0.15, 0.2) is 0 Å². The van der Waals surface area contributed by atoms with E-state index in [4.69, 9.17) is 4.74 Å². The number of hydrogen-bond donors (Lipinski definition) is 1. The predicted octanol–water partition coefficient (Wildman–Crippen LogP) is -0.186. The number of hydrogen-bond acceptors (Lipinski definition) is 7. The average molecular weight is 505 g/mol. The molecule has 9 nitrogen and oxygen atoms in total. The highest BCUT2D eigenvalue weighted by Crippen LogP contribution is 2.61. The van der Waals surface area contributed by atoms with E-state index in [0.29, 0.717) is 39.3 Å². The van der Waals surface area contributed by atoms with Crippen LogP contribution in [0.5, 0.6) is 0 Å². The summed E-state index contributed by atoms with van der Waals surface area (Å²) >= 11 is 1.59. The zero-order valence-corrected chi connectivity index (χ0v) is 21.4. The summed E-state index contributed by atoms with van der Waals surface area (Å²) in [4.78, 5) is 49.1. The van der Waals surface area contributed by atoms with Crippen molar-refractivity contribution in [3.63, 3.8) is 0 Å². The van der Waals surface area contributed by atoms with Crippen LogP contribution < -0.4 is 0 Å². The molecule has 0 aromatic heterocycles. The summed E-state index contributed by atoms with van der Waals surface area (Å²) in [6, 6.07) is -1.19. The molecule has 0 bridgehead atoms. The van der Waals surface area contributed by atoms with Crippen molar-refractivity contribution >= 4 is 29.5 Å². The molecule has 1 unspecified atom stereocenters. The van der Waals surface area contributed by atoms with Crippen molar-refractivity contribution in [2.45, 2.75) is 35.4 Å². The van der Waals surface area contributed by atoms with Gasteiger partial charge in [0.2, 0.25) is 17.7 Å². The fourth-order valence-corrected chi connectivity index (χ4v) is 8.34. The Kier molecular flexibility index (Phi) is 7.00. The van der Waals surface area contributed by atoms with Crippen LogP contribution in [-0.2, 0) is 19.1 Å². The van der Waals surface area contributed by atoms with Crippen molar-refractivity contribution in [2.24, 2.45) is 11.8 Å². The van der Waals surface area contributed by atoms with Crippen molar-refractivity contribution in [2.75, 3.05) is 66.1 Å². The Bertz CT molecular complexity index is 918. The van der Waals surface area contributed by atoms with E-state index < -0.39 is 28.7 Å². The lowest BCUT2D eigenvalue weighted by molar-refractivity contribution is -0.146. The van der Waals surface area contributed by atoms with Gasteiger partial charge in [0.05, 0.1) is 42.4 Å². The second-order valence-electron chi connectivity index (χ2n) is 10.1. The fourth-order valence-electron chi connectivity index (χ4n) is 6.34. The largest absolute Gasteiger partial charge is 0.394 e. The number of nitrogens with zero attached hydrogens (tertiary/aromatic N) is 4. The van der Waals surface area contributed by atoms with E-state index in [-0.39, 0.29) is 29.6 Å². The molecule has 35 heavy (non-hydrogen) atoms. The number of carbonyl (C=O) groups excluding carboxylic acids is 3. The lowest BCUT2D eigenvalue weighted by atomic mass is 9.78. The monoisotopic (exact) mass is 504 g/mol. The van der Waals surface area contributed by atoms with Gasteiger partial charge in [-0.3, -0.25) is 19.3 Å². The maximum atomic E-state index is 14.2. The first-order chi connectivity index (χ1) is 16.9. The topological polar surface area (TPSA) is 93.6 Å². The number of morpholine rings is 1. The smallest absolute Gasteiger partial charge is 0.247 e. The first-order valence-corrected chi connectivity index (χ1v) is 13.6. The summed E-state index contributed by atoms with van der Waals surface area (Å²) in [7, 11) is 1.77. The molecule has 0 radical (unpaired) electrons. The van der Waals surface area contributed by atoms with Gasteiger partial charge in [-0.25, -0.2) is 0 Å². The molecule has 5 aliphatic rings. The Morgan fingerprint density at radius 3 is 2.60 bits per heavy atom. The third kappa shape index (κ3) is 4.02. The molecular formula is C25H36N4O5S.